The highest BCUT2D eigenvalue weighted by molar-refractivity contribution is 9.10. The van der Waals surface area contributed by atoms with Crippen molar-refractivity contribution in [2.24, 2.45) is 5.10 Å². The second-order valence-electron chi connectivity index (χ2n) is 5.76. The van der Waals surface area contributed by atoms with E-state index < -0.39 is 4.92 Å². The minimum absolute atomic E-state index is 0.107. The van der Waals surface area contributed by atoms with Gasteiger partial charge in [0.05, 0.1) is 20.6 Å². The molecular formula is C19H13BrClFN4O3. The smallest absolute Gasteiger partial charge is 0.287 e. The highest BCUT2D eigenvalue weighted by Gasteiger charge is 2.10. The van der Waals surface area contributed by atoms with Crippen molar-refractivity contribution in [2.75, 3.05) is 5.43 Å². The number of hydrazone groups is 1. The van der Waals surface area contributed by atoms with Crippen molar-refractivity contribution in [3.8, 4) is 5.75 Å². The number of hydrogen-bond donors (Lipinski definition) is 1. The van der Waals surface area contributed by atoms with Crippen LogP contribution in [-0.4, -0.2) is 16.1 Å². The van der Waals surface area contributed by atoms with E-state index >= 15 is 0 Å². The van der Waals surface area contributed by atoms with Gasteiger partial charge in [-0.05, 0) is 57.4 Å². The van der Waals surface area contributed by atoms with Crippen LogP contribution in [0.25, 0.3) is 0 Å². The molecule has 0 aliphatic rings. The number of benzene rings is 2. The Morgan fingerprint density at radius 1 is 1.31 bits per heavy atom. The van der Waals surface area contributed by atoms with E-state index in [-0.39, 0.29) is 18.1 Å². The van der Waals surface area contributed by atoms with Crippen LogP contribution in [0.1, 0.15) is 11.1 Å². The molecule has 29 heavy (non-hydrogen) atoms. The van der Waals surface area contributed by atoms with Crippen LogP contribution >= 0.6 is 27.5 Å². The van der Waals surface area contributed by atoms with Crippen LogP contribution in [0.15, 0.2) is 64.3 Å². The molecule has 2 aromatic carbocycles. The summed E-state index contributed by atoms with van der Waals surface area (Å²) >= 11 is 9.69. The van der Waals surface area contributed by atoms with Crippen molar-refractivity contribution in [2.45, 2.75) is 6.61 Å². The Morgan fingerprint density at radius 3 is 2.79 bits per heavy atom. The molecule has 0 unspecified atom stereocenters. The van der Waals surface area contributed by atoms with E-state index in [1.54, 1.807) is 24.3 Å². The SMILES string of the molecule is O=[N+]([O-])c1ccc(N/N=C/c2cc(Cl)c(OCc3cccc(F)c3)c(Br)c2)nc1. The molecule has 0 fully saturated rings. The predicted octanol–water partition coefficient (Wildman–Crippen LogP) is 5.57. The van der Waals surface area contributed by atoms with Gasteiger partial charge < -0.3 is 4.74 Å². The topological polar surface area (TPSA) is 89.7 Å². The van der Waals surface area contributed by atoms with Crippen molar-refractivity contribution in [1.82, 2.24) is 4.98 Å². The van der Waals surface area contributed by atoms with Gasteiger partial charge in [0, 0.05) is 6.07 Å². The second kappa shape index (κ2) is 9.44. The predicted molar refractivity (Wildman–Crippen MR) is 112 cm³/mol. The molecule has 0 aliphatic carbocycles. The zero-order valence-electron chi connectivity index (χ0n) is 14.7. The van der Waals surface area contributed by atoms with Gasteiger partial charge in [-0.25, -0.2) is 9.37 Å². The molecule has 3 aromatic rings. The van der Waals surface area contributed by atoms with E-state index in [2.05, 4.69) is 31.4 Å². The summed E-state index contributed by atoms with van der Waals surface area (Å²) < 4.78 is 19.6. The Morgan fingerprint density at radius 2 is 2.14 bits per heavy atom. The summed E-state index contributed by atoms with van der Waals surface area (Å²) in [5, 5.41) is 15.0. The van der Waals surface area contributed by atoms with Crippen LogP contribution < -0.4 is 10.2 Å². The van der Waals surface area contributed by atoms with Gasteiger partial charge >= 0.3 is 0 Å². The van der Waals surface area contributed by atoms with E-state index in [0.717, 1.165) is 6.20 Å². The van der Waals surface area contributed by atoms with Crippen LogP contribution in [-0.2, 0) is 6.61 Å². The molecule has 0 aliphatic heterocycles. The van der Waals surface area contributed by atoms with Gasteiger partial charge in [-0.15, -0.1) is 0 Å². The molecule has 1 N–H and O–H groups in total. The summed E-state index contributed by atoms with van der Waals surface area (Å²) in [5.41, 5.74) is 3.92. The van der Waals surface area contributed by atoms with Crippen molar-refractivity contribution in [3.63, 3.8) is 0 Å². The minimum Gasteiger partial charge on any atom is -0.486 e. The standard InChI is InChI=1S/C19H13BrClFN4O3/c20-16-7-13(9-24-25-18-5-4-15(10-23-18)26(27)28)8-17(21)19(16)29-11-12-2-1-3-14(22)6-12/h1-10H,11H2,(H,23,25)/b24-9+. The summed E-state index contributed by atoms with van der Waals surface area (Å²) in [7, 11) is 0. The number of nitro groups is 1. The molecule has 0 radical (unpaired) electrons. The molecule has 0 saturated carbocycles. The van der Waals surface area contributed by atoms with Crippen LogP contribution in [0.4, 0.5) is 15.9 Å². The molecule has 1 heterocycles. The molecular weight excluding hydrogens is 467 g/mol. The molecule has 7 nitrogen and oxygen atoms in total. The summed E-state index contributed by atoms with van der Waals surface area (Å²) in [4.78, 5) is 14.0. The van der Waals surface area contributed by atoms with Crippen molar-refractivity contribution in [1.29, 1.82) is 0 Å². The van der Waals surface area contributed by atoms with Crippen LogP contribution in [0.3, 0.4) is 0 Å². The minimum atomic E-state index is -0.530. The molecule has 1 aromatic heterocycles. The van der Waals surface area contributed by atoms with Gasteiger partial charge in [-0.3, -0.25) is 15.5 Å². The third-order valence-electron chi connectivity index (χ3n) is 3.64. The lowest BCUT2D eigenvalue weighted by Crippen LogP contribution is -1.98. The van der Waals surface area contributed by atoms with Gasteiger partial charge in [0.1, 0.15) is 24.4 Å². The molecule has 0 saturated heterocycles. The van der Waals surface area contributed by atoms with Gasteiger partial charge in [0.15, 0.2) is 5.75 Å². The number of pyridine rings is 1. The summed E-state index contributed by atoms with van der Waals surface area (Å²) in [6.07, 6.45) is 2.64. The molecule has 148 valence electrons. The first-order chi connectivity index (χ1) is 13.9. The van der Waals surface area contributed by atoms with Crippen LogP contribution in [0.2, 0.25) is 5.02 Å². The summed E-state index contributed by atoms with van der Waals surface area (Å²) in [6, 6.07) is 12.3. The monoisotopic (exact) mass is 478 g/mol. The fraction of sp³-hybridized carbons (Fsp3) is 0.0526. The molecule has 0 atom stereocenters. The maximum absolute atomic E-state index is 13.3. The number of nitrogens with zero attached hydrogens (tertiary/aromatic N) is 3. The maximum atomic E-state index is 13.3. The molecule has 0 spiro atoms. The zero-order valence-corrected chi connectivity index (χ0v) is 17.0. The average molecular weight is 480 g/mol. The lowest BCUT2D eigenvalue weighted by Gasteiger charge is -2.11. The third-order valence-corrected chi connectivity index (χ3v) is 4.51. The normalized spacial score (nSPS) is 10.9. The maximum Gasteiger partial charge on any atom is 0.287 e. The molecule has 3 rings (SSSR count). The summed E-state index contributed by atoms with van der Waals surface area (Å²) in [5.74, 6) is 0.447. The average Bonchev–Trinajstić information content (AvgIpc) is 2.68. The Hall–Kier alpha value is -3.04. The van der Waals surface area contributed by atoms with E-state index in [0.29, 0.717) is 32.2 Å². The van der Waals surface area contributed by atoms with E-state index in [4.69, 9.17) is 16.3 Å². The lowest BCUT2D eigenvalue weighted by atomic mass is 10.2. The Bertz CT molecular complexity index is 1040. The van der Waals surface area contributed by atoms with E-state index in [1.165, 1.54) is 30.5 Å². The number of rotatable bonds is 7. The van der Waals surface area contributed by atoms with Gasteiger partial charge in [0.25, 0.3) is 5.69 Å². The number of anilines is 1. The quantitative estimate of drug-likeness (QED) is 0.272. The molecule has 0 bridgehead atoms. The molecule has 10 heteroatoms. The third kappa shape index (κ3) is 5.72. The number of ether oxygens (including phenoxy) is 1. The first kappa shape index (κ1) is 20.7. The van der Waals surface area contributed by atoms with Crippen molar-refractivity contribution in [3.05, 3.63) is 91.3 Å². The molecule has 0 amide bonds. The Balaban J connectivity index is 1.65. The first-order valence-corrected chi connectivity index (χ1v) is 9.35. The van der Waals surface area contributed by atoms with Crippen molar-refractivity contribution < 1.29 is 14.1 Å². The van der Waals surface area contributed by atoms with Crippen LogP contribution in [0, 0.1) is 15.9 Å². The van der Waals surface area contributed by atoms with Gasteiger partial charge in [-0.2, -0.15) is 5.10 Å². The Labute approximate surface area is 178 Å². The van der Waals surface area contributed by atoms with Gasteiger partial charge in [-0.1, -0.05) is 23.7 Å². The number of halogens is 3. The first-order valence-electron chi connectivity index (χ1n) is 8.18. The fourth-order valence-electron chi connectivity index (χ4n) is 2.31. The fourth-order valence-corrected chi connectivity index (χ4v) is 3.30. The number of aromatic nitrogens is 1. The van der Waals surface area contributed by atoms with Crippen LogP contribution in [0.5, 0.6) is 5.75 Å². The lowest BCUT2D eigenvalue weighted by molar-refractivity contribution is -0.385. The number of hydrogen-bond acceptors (Lipinski definition) is 6. The highest BCUT2D eigenvalue weighted by atomic mass is 79.9. The van der Waals surface area contributed by atoms with Gasteiger partial charge in [0.2, 0.25) is 0 Å². The largest absolute Gasteiger partial charge is 0.486 e. The van der Waals surface area contributed by atoms with Crippen molar-refractivity contribution >= 4 is 45.3 Å². The van der Waals surface area contributed by atoms with E-state index in [1.807, 2.05) is 0 Å². The zero-order chi connectivity index (χ0) is 20.8. The highest BCUT2D eigenvalue weighted by Crippen LogP contribution is 2.34. The number of nitrogens with one attached hydrogen (secondary N) is 1. The van der Waals surface area contributed by atoms with E-state index in [9.17, 15) is 14.5 Å². The Kier molecular flexibility index (Phi) is 6.73. The summed E-state index contributed by atoms with van der Waals surface area (Å²) in [6.45, 7) is 0.164. The second-order valence-corrected chi connectivity index (χ2v) is 7.02.